The molecule has 7 heteroatoms. The number of nitrogens with zero attached hydrogens (tertiary/aromatic N) is 3. The average molecular weight is 409 g/mol. The van der Waals surface area contributed by atoms with Crippen LogP contribution in [0.3, 0.4) is 0 Å². The monoisotopic (exact) mass is 408 g/mol. The molecule has 1 unspecified atom stereocenters. The summed E-state index contributed by atoms with van der Waals surface area (Å²) in [4.78, 5) is 16.7. The largest absolute Gasteiger partial charge is 0.354 e. The Morgan fingerprint density at radius 2 is 2.03 bits per heavy atom. The van der Waals surface area contributed by atoms with Crippen LogP contribution in [0.2, 0.25) is 0 Å². The number of H-pyrrole nitrogens is 1. The standard InChI is InChI=1S/C23H29FN6/c1-12(2)9-26-23-27-11-18-17(10-25-22(18)30-23)15-6-16-8-20(28-13(3)4)14(5)29-21(16)19(24)7-15/h6-7,10-13,20,28H,8-9H2,1-5H3,(H2,25,26,27,30). The number of hydrogen-bond acceptors (Lipinski definition) is 5. The van der Waals surface area contributed by atoms with Crippen LogP contribution in [0.5, 0.6) is 0 Å². The van der Waals surface area contributed by atoms with E-state index in [9.17, 15) is 4.39 Å². The molecule has 1 aliphatic heterocycles. The van der Waals surface area contributed by atoms with Crippen LogP contribution in [0.1, 0.15) is 40.2 Å². The first-order valence-electron chi connectivity index (χ1n) is 10.5. The summed E-state index contributed by atoms with van der Waals surface area (Å²) in [5.74, 6) is 0.797. The molecule has 1 aliphatic rings. The highest BCUT2D eigenvalue weighted by Crippen LogP contribution is 2.36. The predicted octanol–water partition coefficient (Wildman–Crippen LogP) is 4.85. The maximum atomic E-state index is 14.9. The van der Waals surface area contributed by atoms with Gasteiger partial charge in [-0.25, -0.2) is 9.37 Å². The molecule has 3 N–H and O–H groups in total. The van der Waals surface area contributed by atoms with E-state index in [1.807, 2.05) is 19.2 Å². The van der Waals surface area contributed by atoms with Crippen LogP contribution < -0.4 is 10.6 Å². The number of fused-ring (bicyclic) bond motifs is 2. The first-order chi connectivity index (χ1) is 14.3. The van der Waals surface area contributed by atoms with Gasteiger partial charge in [0.25, 0.3) is 0 Å². The second-order valence-electron chi connectivity index (χ2n) is 8.73. The lowest BCUT2D eigenvalue weighted by atomic mass is 9.93. The second-order valence-corrected chi connectivity index (χ2v) is 8.73. The molecule has 0 saturated carbocycles. The molecular weight excluding hydrogens is 379 g/mol. The molecule has 30 heavy (non-hydrogen) atoms. The van der Waals surface area contributed by atoms with Crippen molar-refractivity contribution >= 4 is 28.4 Å². The molecule has 6 nitrogen and oxygen atoms in total. The van der Waals surface area contributed by atoms with Gasteiger partial charge in [-0.15, -0.1) is 0 Å². The molecule has 0 bridgehead atoms. The molecule has 2 aromatic heterocycles. The lowest BCUT2D eigenvalue weighted by Crippen LogP contribution is -2.42. The van der Waals surface area contributed by atoms with Gasteiger partial charge in [0.15, 0.2) is 0 Å². The van der Waals surface area contributed by atoms with Gasteiger partial charge in [-0.05, 0) is 42.5 Å². The Morgan fingerprint density at radius 1 is 1.23 bits per heavy atom. The molecule has 0 spiro atoms. The molecule has 0 saturated heterocycles. The van der Waals surface area contributed by atoms with Crippen LogP contribution in [0.4, 0.5) is 16.0 Å². The minimum absolute atomic E-state index is 0.119. The van der Waals surface area contributed by atoms with Crippen molar-refractivity contribution in [2.24, 2.45) is 10.9 Å². The molecule has 4 rings (SSSR count). The van der Waals surface area contributed by atoms with Gasteiger partial charge in [0.2, 0.25) is 5.95 Å². The lowest BCUT2D eigenvalue weighted by Gasteiger charge is -2.26. The smallest absolute Gasteiger partial charge is 0.224 e. The van der Waals surface area contributed by atoms with E-state index in [0.717, 1.165) is 46.4 Å². The number of hydrogen-bond donors (Lipinski definition) is 3. The van der Waals surface area contributed by atoms with Crippen molar-refractivity contribution in [2.75, 3.05) is 11.9 Å². The maximum Gasteiger partial charge on any atom is 0.224 e. The highest BCUT2D eigenvalue weighted by atomic mass is 19.1. The van der Waals surface area contributed by atoms with Gasteiger partial charge in [-0.2, -0.15) is 4.98 Å². The quantitative estimate of drug-likeness (QED) is 0.545. The second kappa shape index (κ2) is 8.14. The molecule has 0 amide bonds. The third kappa shape index (κ3) is 4.07. The molecule has 3 aromatic rings. The Morgan fingerprint density at radius 3 is 2.77 bits per heavy atom. The molecule has 0 aliphatic carbocycles. The number of nitrogens with one attached hydrogen (secondary N) is 3. The number of halogens is 1. The summed E-state index contributed by atoms with van der Waals surface area (Å²) in [6, 6.07) is 4.04. The SMILES string of the molecule is CC1=Nc2c(F)cc(-c3c[nH]c4nc(NCC(C)C)ncc34)cc2CC1NC(C)C. The summed E-state index contributed by atoms with van der Waals surface area (Å²) >= 11 is 0. The van der Waals surface area contributed by atoms with Crippen LogP contribution >= 0.6 is 0 Å². The van der Waals surface area contributed by atoms with Gasteiger partial charge in [-0.1, -0.05) is 27.7 Å². The number of aromatic nitrogens is 3. The fourth-order valence-corrected chi connectivity index (χ4v) is 3.82. The van der Waals surface area contributed by atoms with E-state index in [2.05, 4.69) is 58.3 Å². The summed E-state index contributed by atoms with van der Waals surface area (Å²) in [6.07, 6.45) is 4.38. The van der Waals surface area contributed by atoms with Crippen molar-refractivity contribution in [1.29, 1.82) is 0 Å². The molecule has 158 valence electrons. The summed E-state index contributed by atoms with van der Waals surface area (Å²) in [5.41, 5.74) is 4.72. The molecule has 1 aromatic carbocycles. The Balaban J connectivity index is 1.69. The molecule has 0 fully saturated rings. The van der Waals surface area contributed by atoms with E-state index in [1.165, 1.54) is 0 Å². The van der Waals surface area contributed by atoms with E-state index in [0.29, 0.717) is 23.6 Å². The topological polar surface area (TPSA) is 78.0 Å². The predicted molar refractivity (Wildman–Crippen MR) is 121 cm³/mol. The summed E-state index contributed by atoms with van der Waals surface area (Å²) in [6.45, 7) is 11.2. The normalized spacial score (nSPS) is 16.3. The van der Waals surface area contributed by atoms with Crippen LogP contribution in [-0.2, 0) is 6.42 Å². The van der Waals surface area contributed by atoms with Crippen LogP contribution in [0, 0.1) is 11.7 Å². The van der Waals surface area contributed by atoms with Crippen LogP contribution in [0.25, 0.3) is 22.2 Å². The fourth-order valence-electron chi connectivity index (χ4n) is 3.82. The van der Waals surface area contributed by atoms with E-state index >= 15 is 0 Å². The van der Waals surface area contributed by atoms with E-state index in [4.69, 9.17) is 0 Å². The molecule has 0 radical (unpaired) electrons. The zero-order valence-electron chi connectivity index (χ0n) is 18.2. The Bertz CT molecular complexity index is 1100. The molecular formula is C23H29FN6. The average Bonchev–Trinajstić information content (AvgIpc) is 3.10. The maximum absolute atomic E-state index is 14.9. The van der Waals surface area contributed by atoms with E-state index < -0.39 is 0 Å². The van der Waals surface area contributed by atoms with Crippen molar-refractivity contribution in [1.82, 2.24) is 20.3 Å². The van der Waals surface area contributed by atoms with Gasteiger partial charge in [0, 0.05) is 47.7 Å². The lowest BCUT2D eigenvalue weighted by molar-refractivity contribution is 0.532. The zero-order chi connectivity index (χ0) is 21.4. The summed E-state index contributed by atoms with van der Waals surface area (Å²) in [7, 11) is 0. The number of aliphatic imine (C=N–C) groups is 1. The van der Waals surface area contributed by atoms with Crippen LogP contribution in [0.15, 0.2) is 29.5 Å². The molecule has 3 heterocycles. The highest BCUT2D eigenvalue weighted by Gasteiger charge is 2.24. The Hall–Kier alpha value is -2.80. The van der Waals surface area contributed by atoms with E-state index in [1.54, 1.807) is 12.3 Å². The third-order valence-corrected chi connectivity index (χ3v) is 5.30. The van der Waals surface area contributed by atoms with Crippen LogP contribution in [-0.4, -0.2) is 39.3 Å². The Labute approximate surface area is 176 Å². The first kappa shape index (κ1) is 20.5. The summed E-state index contributed by atoms with van der Waals surface area (Å²) < 4.78 is 14.9. The number of benzene rings is 1. The Kier molecular flexibility index (Phi) is 5.56. The van der Waals surface area contributed by atoms with Gasteiger partial charge < -0.3 is 15.6 Å². The van der Waals surface area contributed by atoms with Gasteiger partial charge >= 0.3 is 0 Å². The highest BCUT2D eigenvalue weighted by molar-refractivity contribution is 5.95. The summed E-state index contributed by atoms with van der Waals surface area (Å²) in [5, 5.41) is 7.62. The third-order valence-electron chi connectivity index (χ3n) is 5.30. The van der Waals surface area contributed by atoms with E-state index in [-0.39, 0.29) is 11.9 Å². The van der Waals surface area contributed by atoms with Gasteiger partial charge in [-0.3, -0.25) is 4.99 Å². The number of anilines is 1. The van der Waals surface area contributed by atoms with Crippen molar-refractivity contribution in [3.05, 3.63) is 35.9 Å². The first-order valence-corrected chi connectivity index (χ1v) is 10.5. The van der Waals surface area contributed by atoms with Gasteiger partial charge in [0.05, 0.1) is 0 Å². The number of aromatic amines is 1. The zero-order valence-corrected chi connectivity index (χ0v) is 18.2. The fraction of sp³-hybridized carbons (Fsp3) is 0.435. The number of rotatable bonds is 6. The van der Waals surface area contributed by atoms with Crippen molar-refractivity contribution in [3.8, 4) is 11.1 Å². The minimum Gasteiger partial charge on any atom is -0.354 e. The minimum atomic E-state index is -0.296. The van der Waals surface area contributed by atoms with Crippen molar-refractivity contribution in [2.45, 2.75) is 53.1 Å². The van der Waals surface area contributed by atoms with Gasteiger partial charge in [0.1, 0.15) is 17.2 Å². The van der Waals surface area contributed by atoms with Crippen molar-refractivity contribution in [3.63, 3.8) is 0 Å². The molecule has 1 atom stereocenters. The van der Waals surface area contributed by atoms with Crippen molar-refractivity contribution < 1.29 is 4.39 Å².